The van der Waals surface area contributed by atoms with Gasteiger partial charge in [0.05, 0.1) is 11.2 Å². The first-order valence-electron chi connectivity index (χ1n) is 4.77. The molecule has 2 rings (SSSR count). The Labute approximate surface area is 93.5 Å². The molecule has 1 aromatic carbocycles. The minimum absolute atomic E-state index is 0.718. The van der Waals surface area contributed by atoms with Crippen LogP contribution in [0.5, 0.6) is 0 Å². The van der Waals surface area contributed by atoms with Gasteiger partial charge in [-0.15, -0.1) is 0 Å². The number of fused-ring (bicyclic) bond motifs is 1. The molecule has 3 heteroatoms. The van der Waals surface area contributed by atoms with Crippen molar-refractivity contribution in [3.63, 3.8) is 0 Å². The molecule has 2 nitrogen and oxygen atoms in total. The first kappa shape index (κ1) is 10.2. The Kier molecular flexibility index (Phi) is 2.31. The van der Waals surface area contributed by atoms with Crippen molar-refractivity contribution in [1.82, 2.24) is 4.57 Å². The zero-order valence-electron chi connectivity index (χ0n) is 8.97. The smallest absolute Gasteiger partial charge is 0.166 e. The monoisotopic (exact) mass is 221 g/mol. The van der Waals surface area contributed by atoms with Gasteiger partial charge in [-0.2, -0.15) is 0 Å². The molecular weight excluding hydrogens is 210 g/mol. The van der Waals surface area contributed by atoms with Gasteiger partial charge in [-0.1, -0.05) is 17.7 Å². The van der Waals surface area contributed by atoms with Crippen LogP contribution in [0.2, 0.25) is 5.02 Å². The molecule has 0 atom stereocenters. The molecule has 0 fully saturated rings. The number of aldehydes is 1. The number of rotatable bonds is 1. The molecule has 78 valence electrons. The third-order valence-corrected chi connectivity index (χ3v) is 3.37. The van der Waals surface area contributed by atoms with Gasteiger partial charge in [0, 0.05) is 17.5 Å². The van der Waals surface area contributed by atoms with Gasteiger partial charge in [-0.3, -0.25) is 4.79 Å². The first-order chi connectivity index (χ1) is 7.07. The van der Waals surface area contributed by atoms with Crippen LogP contribution < -0.4 is 0 Å². The number of hydrogen-bond donors (Lipinski definition) is 0. The van der Waals surface area contributed by atoms with E-state index in [1.807, 2.05) is 37.6 Å². The Hall–Kier alpha value is -1.28. The lowest BCUT2D eigenvalue weighted by atomic mass is 10.1. The van der Waals surface area contributed by atoms with Gasteiger partial charge < -0.3 is 4.57 Å². The van der Waals surface area contributed by atoms with E-state index < -0.39 is 0 Å². The van der Waals surface area contributed by atoms with Crippen LogP contribution in [0.4, 0.5) is 0 Å². The molecule has 0 saturated heterocycles. The Bertz CT molecular complexity index is 554. The van der Waals surface area contributed by atoms with Gasteiger partial charge >= 0.3 is 0 Å². The summed E-state index contributed by atoms with van der Waals surface area (Å²) < 4.78 is 1.90. The van der Waals surface area contributed by atoms with Crippen LogP contribution in [0, 0.1) is 13.8 Å². The van der Waals surface area contributed by atoms with Crippen LogP contribution in [-0.2, 0) is 7.05 Å². The van der Waals surface area contributed by atoms with Crippen LogP contribution >= 0.6 is 11.6 Å². The molecule has 0 spiro atoms. The lowest BCUT2D eigenvalue weighted by Crippen LogP contribution is -1.96. The summed E-state index contributed by atoms with van der Waals surface area (Å²) in [7, 11) is 1.89. The molecule has 0 aliphatic carbocycles. The molecule has 0 N–H and O–H groups in total. The Balaban J connectivity index is 3.02. The molecule has 1 aromatic heterocycles. The summed E-state index contributed by atoms with van der Waals surface area (Å²) in [6, 6.07) is 3.84. The van der Waals surface area contributed by atoms with Crippen molar-refractivity contribution < 1.29 is 4.79 Å². The predicted octanol–water partition coefficient (Wildman–Crippen LogP) is 3.26. The van der Waals surface area contributed by atoms with E-state index in [4.69, 9.17) is 11.6 Å². The van der Waals surface area contributed by atoms with Crippen LogP contribution in [0.25, 0.3) is 10.9 Å². The summed E-state index contributed by atoms with van der Waals surface area (Å²) in [5, 5.41) is 1.84. The van der Waals surface area contributed by atoms with Crippen LogP contribution in [0.15, 0.2) is 12.1 Å². The number of carbonyl (C=O) groups is 1. The van der Waals surface area contributed by atoms with Crippen LogP contribution in [-0.4, -0.2) is 10.9 Å². The summed E-state index contributed by atoms with van der Waals surface area (Å²) in [6.45, 7) is 3.93. The van der Waals surface area contributed by atoms with E-state index in [1.165, 1.54) is 0 Å². The average molecular weight is 222 g/mol. The number of halogens is 1. The van der Waals surface area contributed by atoms with E-state index in [-0.39, 0.29) is 0 Å². The molecule has 0 saturated carbocycles. The number of nitrogens with zero attached hydrogens (tertiary/aromatic N) is 1. The van der Waals surface area contributed by atoms with E-state index in [9.17, 15) is 4.79 Å². The topological polar surface area (TPSA) is 22.0 Å². The fourth-order valence-electron chi connectivity index (χ4n) is 2.09. The summed E-state index contributed by atoms with van der Waals surface area (Å²) in [6.07, 6.45) is 0.892. The van der Waals surface area contributed by atoms with E-state index in [0.717, 1.165) is 39.0 Å². The number of carbonyl (C=O) groups excluding carboxylic acids is 1. The molecule has 0 amide bonds. The van der Waals surface area contributed by atoms with Gasteiger partial charge in [0.2, 0.25) is 0 Å². The number of benzene rings is 1. The molecule has 0 aliphatic heterocycles. The van der Waals surface area contributed by atoms with Crippen molar-refractivity contribution in [2.45, 2.75) is 13.8 Å². The van der Waals surface area contributed by atoms with Gasteiger partial charge in [0.1, 0.15) is 0 Å². The maximum Gasteiger partial charge on any atom is 0.166 e. The van der Waals surface area contributed by atoms with Gasteiger partial charge in [-0.05, 0) is 31.0 Å². The second kappa shape index (κ2) is 3.38. The average Bonchev–Trinajstić information content (AvgIpc) is 2.45. The minimum atomic E-state index is 0.718. The molecule has 0 aliphatic rings. The molecule has 0 unspecified atom stereocenters. The first-order valence-corrected chi connectivity index (χ1v) is 5.15. The quantitative estimate of drug-likeness (QED) is 0.678. The highest BCUT2D eigenvalue weighted by Gasteiger charge is 2.13. The van der Waals surface area contributed by atoms with Crippen LogP contribution in [0.1, 0.15) is 21.6 Å². The number of aromatic nitrogens is 1. The molecule has 1 heterocycles. The van der Waals surface area contributed by atoms with E-state index >= 15 is 0 Å². The van der Waals surface area contributed by atoms with Crippen molar-refractivity contribution in [3.05, 3.63) is 34.0 Å². The highest BCUT2D eigenvalue weighted by molar-refractivity contribution is 6.32. The summed E-state index contributed by atoms with van der Waals surface area (Å²) >= 11 is 6.06. The lowest BCUT2D eigenvalue weighted by Gasteiger charge is -2.03. The molecule has 0 bridgehead atoms. The van der Waals surface area contributed by atoms with Gasteiger partial charge in [0.25, 0.3) is 0 Å². The third kappa shape index (κ3) is 1.29. The van der Waals surface area contributed by atoms with Crippen molar-refractivity contribution in [2.75, 3.05) is 0 Å². The van der Waals surface area contributed by atoms with E-state index in [2.05, 4.69) is 0 Å². The summed E-state index contributed by atoms with van der Waals surface area (Å²) in [5.74, 6) is 0. The zero-order chi connectivity index (χ0) is 11.2. The highest BCUT2D eigenvalue weighted by atomic mass is 35.5. The molecule has 2 aromatic rings. The standard InChI is InChI=1S/C12H12ClNO/c1-7-9-4-5-10(13)8(2)12(9)14(3)11(7)6-15/h4-6H,1-3H3. The summed E-state index contributed by atoms with van der Waals surface area (Å²) in [4.78, 5) is 11.0. The Morgan fingerprint density at radius 3 is 2.53 bits per heavy atom. The largest absolute Gasteiger partial charge is 0.341 e. The number of hydrogen-bond acceptors (Lipinski definition) is 1. The van der Waals surface area contributed by atoms with Gasteiger partial charge in [-0.25, -0.2) is 0 Å². The number of aryl methyl sites for hydroxylation is 3. The lowest BCUT2D eigenvalue weighted by molar-refractivity contribution is 0.111. The molecule has 15 heavy (non-hydrogen) atoms. The fourth-order valence-corrected chi connectivity index (χ4v) is 2.24. The van der Waals surface area contributed by atoms with E-state index in [0.29, 0.717) is 0 Å². The van der Waals surface area contributed by atoms with Crippen molar-refractivity contribution in [3.8, 4) is 0 Å². The molecular formula is C12H12ClNO. The highest BCUT2D eigenvalue weighted by Crippen LogP contribution is 2.30. The summed E-state index contributed by atoms with van der Waals surface area (Å²) in [5.41, 5.74) is 3.80. The van der Waals surface area contributed by atoms with Crippen molar-refractivity contribution in [2.24, 2.45) is 7.05 Å². The maximum atomic E-state index is 11.0. The Morgan fingerprint density at radius 1 is 1.27 bits per heavy atom. The minimum Gasteiger partial charge on any atom is -0.341 e. The fraction of sp³-hybridized carbons (Fsp3) is 0.250. The second-order valence-corrected chi connectivity index (χ2v) is 4.16. The predicted molar refractivity (Wildman–Crippen MR) is 62.8 cm³/mol. The molecule has 0 radical (unpaired) electrons. The Morgan fingerprint density at radius 2 is 1.93 bits per heavy atom. The normalized spacial score (nSPS) is 10.9. The zero-order valence-corrected chi connectivity index (χ0v) is 9.72. The SMILES string of the molecule is Cc1c(C=O)n(C)c2c(C)c(Cl)ccc12. The third-order valence-electron chi connectivity index (χ3n) is 2.96. The second-order valence-electron chi connectivity index (χ2n) is 3.76. The maximum absolute atomic E-state index is 11.0. The van der Waals surface area contributed by atoms with Crippen LogP contribution in [0.3, 0.4) is 0 Å². The van der Waals surface area contributed by atoms with Crippen molar-refractivity contribution >= 4 is 28.8 Å². The van der Waals surface area contributed by atoms with Gasteiger partial charge in [0.15, 0.2) is 6.29 Å². The van der Waals surface area contributed by atoms with Crippen molar-refractivity contribution in [1.29, 1.82) is 0 Å². The van der Waals surface area contributed by atoms with E-state index in [1.54, 1.807) is 0 Å².